The summed E-state index contributed by atoms with van der Waals surface area (Å²) in [5.41, 5.74) is 3.99. The lowest BCUT2D eigenvalue weighted by Crippen LogP contribution is -2.13. The Bertz CT molecular complexity index is 1110. The Morgan fingerprint density at radius 3 is 2.92 bits per heavy atom. The monoisotopic (exact) mass is 346 g/mol. The van der Waals surface area contributed by atoms with Gasteiger partial charge in [-0.25, -0.2) is 9.97 Å². The van der Waals surface area contributed by atoms with Crippen molar-refractivity contribution >= 4 is 17.4 Å². The van der Waals surface area contributed by atoms with Crippen LogP contribution in [0.25, 0.3) is 16.9 Å². The van der Waals surface area contributed by atoms with Gasteiger partial charge in [0.15, 0.2) is 5.65 Å². The number of hydrogen-bond donors (Lipinski definition) is 1. The van der Waals surface area contributed by atoms with Gasteiger partial charge >= 0.3 is 0 Å². The van der Waals surface area contributed by atoms with Crippen LogP contribution in [-0.2, 0) is 13.5 Å². The Labute approximate surface area is 149 Å². The Kier molecular flexibility index (Phi) is 3.24. The Hall–Kier alpha value is -3.29. The molecule has 1 aliphatic rings. The second-order valence-corrected chi connectivity index (χ2v) is 6.65. The van der Waals surface area contributed by atoms with E-state index in [0.717, 1.165) is 41.4 Å². The van der Waals surface area contributed by atoms with Crippen molar-refractivity contribution < 1.29 is 0 Å². The molecule has 8 heteroatoms. The third-order valence-electron chi connectivity index (χ3n) is 4.92. The average molecular weight is 346 g/mol. The van der Waals surface area contributed by atoms with E-state index >= 15 is 0 Å². The summed E-state index contributed by atoms with van der Waals surface area (Å²) in [7, 11) is 1.87. The minimum atomic E-state index is 0.467. The van der Waals surface area contributed by atoms with Crippen molar-refractivity contribution in [3.05, 3.63) is 48.2 Å². The van der Waals surface area contributed by atoms with E-state index in [1.54, 1.807) is 17.1 Å². The molecule has 1 aliphatic heterocycles. The molecule has 0 spiro atoms. The van der Waals surface area contributed by atoms with Crippen LogP contribution < -0.4 is 5.32 Å². The number of aryl methyl sites for hydroxylation is 2. The maximum atomic E-state index is 4.67. The molecule has 0 bridgehead atoms. The van der Waals surface area contributed by atoms with Crippen LogP contribution in [0.4, 0.5) is 11.8 Å². The first-order chi connectivity index (χ1) is 12.7. The van der Waals surface area contributed by atoms with Crippen LogP contribution in [0.1, 0.15) is 30.8 Å². The predicted molar refractivity (Wildman–Crippen MR) is 97.2 cm³/mol. The average Bonchev–Trinajstić information content (AvgIpc) is 3.25. The highest BCUT2D eigenvalue weighted by molar-refractivity contribution is 5.67. The van der Waals surface area contributed by atoms with Crippen molar-refractivity contribution in [1.82, 2.24) is 34.3 Å². The molecule has 0 fully saturated rings. The lowest BCUT2D eigenvalue weighted by molar-refractivity contribution is 0.587. The van der Waals surface area contributed by atoms with Crippen LogP contribution in [0, 0.1) is 0 Å². The predicted octanol–water partition coefficient (Wildman–Crippen LogP) is 2.71. The third-order valence-corrected chi connectivity index (χ3v) is 4.92. The fourth-order valence-electron chi connectivity index (χ4n) is 3.47. The number of aromatic nitrogens is 7. The van der Waals surface area contributed by atoms with Gasteiger partial charge < -0.3 is 5.32 Å². The standard InChI is InChI=1S/C18H18N8/c1-11-3-4-16-23-24-17-10-12(9-14(11)26(16)17)13-5-7-19-18(21-13)22-15-6-8-20-25(15)2/h5-11H,3-4H2,1-2H3,(H,19,21,22). The zero-order valence-corrected chi connectivity index (χ0v) is 14.6. The summed E-state index contributed by atoms with van der Waals surface area (Å²) < 4.78 is 3.92. The molecule has 1 N–H and O–H groups in total. The van der Waals surface area contributed by atoms with Crippen LogP contribution in [0.3, 0.4) is 0 Å². The van der Waals surface area contributed by atoms with Gasteiger partial charge in [-0.05, 0) is 30.5 Å². The van der Waals surface area contributed by atoms with Crippen LogP contribution in [0.15, 0.2) is 36.7 Å². The van der Waals surface area contributed by atoms with Gasteiger partial charge in [-0.15, -0.1) is 10.2 Å². The Balaban J connectivity index is 1.58. The molecule has 1 unspecified atom stereocenters. The van der Waals surface area contributed by atoms with Gasteiger partial charge in [0.05, 0.1) is 11.9 Å². The van der Waals surface area contributed by atoms with Gasteiger partial charge in [0.1, 0.15) is 11.6 Å². The zero-order valence-electron chi connectivity index (χ0n) is 14.6. The van der Waals surface area contributed by atoms with Crippen molar-refractivity contribution in [1.29, 1.82) is 0 Å². The molecule has 8 nitrogen and oxygen atoms in total. The largest absolute Gasteiger partial charge is 0.309 e. The van der Waals surface area contributed by atoms with Crippen LogP contribution >= 0.6 is 0 Å². The molecule has 0 amide bonds. The van der Waals surface area contributed by atoms with Crippen molar-refractivity contribution in [2.24, 2.45) is 7.05 Å². The fourth-order valence-corrected chi connectivity index (χ4v) is 3.47. The number of anilines is 2. The lowest BCUT2D eigenvalue weighted by atomic mass is 9.95. The van der Waals surface area contributed by atoms with Crippen molar-refractivity contribution in [3.63, 3.8) is 0 Å². The SMILES string of the molecule is CC1CCc2nnc3cc(-c4ccnc(Nc5ccnn5C)n4)cc1n23. The fraction of sp³-hybridized carbons (Fsp3) is 0.278. The zero-order chi connectivity index (χ0) is 17.7. The first-order valence-corrected chi connectivity index (χ1v) is 8.65. The van der Waals surface area contributed by atoms with Gasteiger partial charge in [0, 0.05) is 37.0 Å². The molecule has 130 valence electrons. The van der Waals surface area contributed by atoms with Crippen molar-refractivity contribution in [2.75, 3.05) is 5.32 Å². The lowest BCUT2D eigenvalue weighted by Gasteiger charge is -2.20. The molecule has 0 radical (unpaired) electrons. The van der Waals surface area contributed by atoms with Crippen molar-refractivity contribution in [3.8, 4) is 11.3 Å². The summed E-state index contributed by atoms with van der Waals surface area (Å²) in [4.78, 5) is 8.99. The van der Waals surface area contributed by atoms with Crippen LogP contribution in [-0.4, -0.2) is 34.3 Å². The maximum Gasteiger partial charge on any atom is 0.228 e. The smallest absolute Gasteiger partial charge is 0.228 e. The number of pyridine rings is 1. The first kappa shape index (κ1) is 15.0. The molecular weight excluding hydrogens is 328 g/mol. The molecule has 0 saturated heterocycles. The summed E-state index contributed by atoms with van der Waals surface area (Å²) in [5.74, 6) is 2.88. The van der Waals surface area contributed by atoms with E-state index in [1.807, 2.05) is 25.2 Å². The van der Waals surface area contributed by atoms with Crippen LogP contribution in [0.5, 0.6) is 0 Å². The molecule has 26 heavy (non-hydrogen) atoms. The number of nitrogens with one attached hydrogen (secondary N) is 1. The van der Waals surface area contributed by atoms with Gasteiger partial charge in [-0.2, -0.15) is 5.10 Å². The Morgan fingerprint density at radius 1 is 1.15 bits per heavy atom. The molecule has 5 heterocycles. The first-order valence-electron chi connectivity index (χ1n) is 8.65. The van der Waals surface area contributed by atoms with Crippen molar-refractivity contribution in [2.45, 2.75) is 25.7 Å². The third kappa shape index (κ3) is 2.33. The molecular formula is C18H18N8. The number of nitrogens with zero attached hydrogens (tertiary/aromatic N) is 7. The van der Waals surface area contributed by atoms with Gasteiger partial charge in [0.25, 0.3) is 0 Å². The highest BCUT2D eigenvalue weighted by Crippen LogP contribution is 2.31. The highest BCUT2D eigenvalue weighted by atomic mass is 15.3. The quantitative estimate of drug-likeness (QED) is 0.614. The van der Waals surface area contributed by atoms with E-state index in [1.165, 1.54) is 5.69 Å². The van der Waals surface area contributed by atoms with E-state index in [9.17, 15) is 0 Å². The number of hydrogen-bond acceptors (Lipinski definition) is 6. The number of rotatable bonds is 3. The molecule has 0 aliphatic carbocycles. The Morgan fingerprint density at radius 2 is 2.08 bits per heavy atom. The molecule has 0 saturated carbocycles. The topological polar surface area (TPSA) is 85.8 Å². The van der Waals surface area contributed by atoms with E-state index in [2.05, 4.69) is 48.0 Å². The maximum absolute atomic E-state index is 4.67. The van der Waals surface area contributed by atoms with Gasteiger partial charge in [0.2, 0.25) is 5.95 Å². The summed E-state index contributed by atoms with van der Waals surface area (Å²) >= 11 is 0. The van der Waals surface area contributed by atoms with E-state index in [-0.39, 0.29) is 0 Å². The minimum absolute atomic E-state index is 0.467. The second-order valence-electron chi connectivity index (χ2n) is 6.65. The van der Waals surface area contributed by atoms with Gasteiger partial charge in [-0.3, -0.25) is 9.08 Å². The summed E-state index contributed by atoms with van der Waals surface area (Å²) in [6.45, 7) is 2.25. The van der Waals surface area contributed by atoms with E-state index in [0.29, 0.717) is 11.9 Å². The summed E-state index contributed by atoms with van der Waals surface area (Å²) in [6.07, 6.45) is 5.56. The molecule has 0 aromatic carbocycles. The summed E-state index contributed by atoms with van der Waals surface area (Å²) in [6, 6.07) is 8.03. The minimum Gasteiger partial charge on any atom is -0.309 e. The van der Waals surface area contributed by atoms with Gasteiger partial charge in [-0.1, -0.05) is 6.92 Å². The second kappa shape index (κ2) is 5.62. The molecule has 4 aromatic heterocycles. The van der Waals surface area contributed by atoms with E-state index < -0.39 is 0 Å². The van der Waals surface area contributed by atoms with E-state index in [4.69, 9.17) is 0 Å². The summed E-state index contributed by atoms with van der Waals surface area (Å²) in [5, 5.41) is 16.0. The highest BCUT2D eigenvalue weighted by Gasteiger charge is 2.22. The molecule has 4 aromatic rings. The molecule has 1 atom stereocenters. The molecule has 5 rings (SSSR count). The van der Waals surface area contributed by atoms with Crippen LogP contribution in [0.2, 0.25) is 0 Å². The normalized spacial score (nSPS) is 16.2.